The van der Waals surface area contributed by atoms with Crippen LogP contribution in [0.4, 0.5) is 0 Å². The van der Waals surface area contributed by atoms with E-state index in [9.17, 15) is 5.53 Å². The van der Waals surface area contributed by atoms with E-state index in [4.69, 9.17) is 0 Å². The maximum absolute atomic E-state index is 12.1. The molecule has 0 N–H and O–H groups in total. The fourth-order valence-electron chi connectivity index (χ4n) is 6.58. The summed E-state index contributed by atoms with van der Waals surface area (Å²) in [5.74, 6) is 0. The van der Waals surface area contributed by atoms with Crippen molar-refractivity contribution in [2.45, 2.75) is 156 Å². The Morgan fingerprint density at radius 1 is 0.545 bits per heavy atom. The monoisotopic (exact) mass is 594 g/mol. The first-order valence-electron chi connectivity index (χ1n) is 18.4. The van der Waals surface area contributed by atoms with Gasteiger partial charge in [-0.15, -0.1) is 0 Å². The van der Waals surface area contributed by atoms with Gasteiger partial charge in [0.2, 0.25) is 11.4 Å². The minimum Gasteiger partial charge on any atom is -0.493 e. The summed E-state index contributed by atoms with van der Waals surface area (Å²) in [6, 6.07) is 17.8. The molecule has 0 unspecified atom stereocenters. The number of benzene rings is 2. The number of nitrogens with zero attached hydrogens (tertiary/aromatic N) is 2. The van der Waals surface area contributed by atoms with E-state index in [0.29, 0.717) is 0 Å². The maximum Gasteiger partial charge on any atom is 0.211 e. The molecule has 44 heavy (non-hydrogen) atoms. The smallest absolute Gasteiger partial charge is 0.211 e. The number of rotatable bonds is 23. The summed E-state index contributed by atoms with van der Waals surface area (Å²) in [4.78, 5) is 0. The van der Waals surface area contributed by atoms with Gasteiger partial charge in [-0.25, -0.2) is 4.70 Å². The fraction of sp³-hybridized carbons (Fsp3) is 0.571. The molecule has 2 heteroatoms. The van der Waals surface area contributed by atoms with Gasteiger partial charge in [-0.05, 0) is 100.0 Å². The van der Waals surface area contributed by atoms with Gasteiger partial charge in [0.1, 0.15) is 0 Å². The maximum atomic E-state index is 12.1. The second-order valence-corrected chi connectivity index (χ2v) is 12.9. The van der Waals surface area contributed by atoms with Crippen LogP contribution < -0.4 is 0 Å². The van der Waals surface area contributed by atoms with Crippen LogP contribution in [-0.4, -0.2) is 4.70 Å². The zero-order valence-electron chi connectivity index (χ0n) is 28.8. The highest BCUT2D eigenvalue weighted by molar-refractivity contribution is 5.83. The van der Waals surface area contributed by atoms with E-state index in [0.717, 1.165) is 81.2 Å². The summed E-state index contributed by atoms with van der Waals surface area (Å²) in [5.41, 5.74) is 22.0. The van der Waals surface area contributed by atoms with Crippen molar-refractivity contribution in [3.05, 3.63) is 99.6 Å². The lowest BCUT2D eigenvalue weighted by Crippen LogP contribution is -2.05. The van der Waals surface area contributed by atoms with Crippen molar-refractivity contribution < 1.29 is 4.70 Å². The SMILES string of the molecule is CCCCCCCCC=CCCCc1ccccc1C1=C(CCCC)C(CCCC)=C(c2cccc(CCCCC)c2)[N+]1=[N-]. The predicted molar refractivity (Wildman–Crippen MR) is 193 cm³/mol. The molecule has 0 aromatic heterocycles. The predicted octanol–water partition coefficient (Wildman–Crippen LogP) is 13.6. The molecule has 3 rings (SSSR count). The Morgan fingerprint density at radius 2 is 1.16 bits per heavy atom. The van der Waals surface area contributed by atoms with Crippen LogP contribution in [0.15, 0.2) is 71.8 Å². The van der Waals surface area contributed by atoms with Gasteiger partial charge in [-0.1, -0.05) is 128 Å². The lowest BCUT2D eigenvalue weighted by Gasteiger charge is -2.13. The number of unbranched alkanes of at least 4 members (excludes halogenated alkanes) is 11. The standard InChI is InChI=1S/C42H62N2/c1-5-9-13-14-15-16-17-18-19-20-22-28-36-29-23-24-33-38(36)42-40(32-12-8-4)39(31-11-7-3)41(44(42)43)37-30-25-27-35(34-37)26-21-10-6-2/h18-19,23-25,27,29-30,33-34H,5-17,20-22,26,28,31-32H2,1-4H3. The normalized spacial score (nSPS) is 13.7. The molecule has 0 atom stereocenters. The number of allylic oxidation sites excluding steroid dienone is 4. The van der Waals surface area contributed by atoms with E-state index in [2.05, 4.69) is 88.4 Å². The second kappa shape index (κ2) is 21.1. The van der Waals surface area contributed by atoms with Crippen LogP contribution in [-0.2, 0) is 12.8 Å². The van der Waals surface area contributed by atoms with Crippen LogP contribution in [0.25, 0.3) is 16.9 Å². The third-order valence-corrected chi connectivity index (χ3v) is 9.17. The molecule has 2 aromatic rings. The van der Waals surface area contributed by atoms with Gasteiger partial charge in [-0.2, -0.15) is 0 Å². The Balaban J connectivity index is 1.82. The number of hydrogen-bond donors (Lipinski definition) is 0. The second-order valence-electron chi connectivity index (χ2n) is 12.9. The van der Waals surface area contributed by atoms with Gasteiger partial charge < -0.3 is 5.53 Å². The van der Waals surface area contributed by atoms with Crippen molar-refractivity contribution in [3.63, 3.8) is 0 Å². The van der Waals surface area contributed by atoms with Gasteiger partial charge in [0.15, 0.2) is 0 Å². The van der Waals surface area contributed by atoms with E-state index in [1.807, 2.05) is 0 Å². The quantitative estimate of drug-likeness (QED) is 0.0694. The summed E-state index contributed by atoms with van der Waals surface area (Å²) in [6.45, 7) is 9.09. The van der Waals surface area contributed by atoms with E-state index in [1.165, 1.54) is 92.0 Å². The minimum atomic E-state index is 1.01. The molecule has 1 aliphatic heterocycles. The molecule has 1 heterocycles. The average Bonchev–Trinajstić information content (AvgIpc) is 3.32. The van der Waals surface area contributed by atoms with Crippen LogP contribution >= 0.6 is 0 Å². The lowest BCUT2D eigenvalue weighted by atomic mass is 9.90. The van der Waals surface area contributed by atoms with Crippen molar-refractivity contribution in [3.8, 4) is 0 Å². The van der Waals surface area contributed by atoms with Gasteiger partial charge in [-0.3, -0.25) is 0 Å². The molecule has 0 saturated heterocycles. The van der Waals surface area contributed by atoms with E-state index in [1.54, 1.807) is 4.70 Å². The molecule has 0 radical (unpaired) electrons. The number of aryl methyl sites for hydroxylation is 2. The van der Waals surface area contributed by atoms with Crippen LogP contribution in [0.5, 0.6) is 0 Å². The average molecular weight is 595 g/mol. The van der Waals surface area contributed by atoms with Crippen LogP contribution in [0.2, 0.25) is 0 Å². The molecular weight excluding hydrogens is 532 g/mol. The highest BCUT2D eigenvalue weighted by Crippen LogP contribution is 2.45. The first-order valence-corrected chi connectivity index (χ1v) is 18.4. The van der Waals surface area contributed by atoms with Gasteiger partial charge >= 0.3 is 0 Å². The Kier molecular flexibility index (Phi) is 17.1. The largest absolute Gasteiger partial charge is 0.493 e. The summed E-state index contributed by atoms with van der Waals surface area (Å²) in [6.07, 6.45) is 28.9. The van der Waals surface area contributed by atoms with Crippen molar-refractivity contribution >= 4 is 11.4 Å². The molecule has 2 nitrogen and oxygen atoms in total. The Morgan fingerprint density at radius 3 is 1.89 bits per heavy atom. The molecule has 0 saturated carbocycles. The van der Waals surface area contributed by atoms with Crippen LogP contribution in [0, 0.1) is 0 Å². The molecular formula is C42H62N2. The lowest BCUT2D eigenvalue weighted by molar-refractivity contribution is -0.345. The van der Waals surface area contributed by atoms with Crippen molar-refractivity contribution in [2.24, 2.45) is 0 Å². The third-order valence-electron chi connectivity index (χ3n) is 9.17. The summed E-state index contributed by atoms with van der Waals surface area (Å²) in [7, 11) is 0. The molecule has 240 valence electrons. The Bertz CT molecular complexity index is 1230. The fourth-order valence-corrected chi connectivity index (χ4v) is 6.58. The van der Waals surface area contributed by atoms with Gasteiger partial charge in [0, 0.05) is 22.3 Å². The van der Waals surface area contributed by atoms with Crippen LogP contribution in [0.3, 0.4) is 0 Å². The van der Waals surface area contributed by atoms with Gasteiger partial charge in [0.05, 0.1) is 0 Å². The van der Waals surface area contributed by atoms with E-state index in [-0.39, 0.29) is 0 Å². The molecule has 0 bridgehead atoms. The first-order chi connectivity index (χ1) is 21.7. The Hall–Kier alpha value is -2.74. The molecule has 0 aliphatic carbocycles. The van der Waals surface area contributed by atoms with Crippen molar-refractivity contribution in [1.29, 1.82) is 0 Å². The van der Waals surface area contributed by atoms with Gasteiger partial charge in [0.25, 0.3) is 0 Å². The highest BCUT2D eigenvalue weighted by Gasteiger charge is 2.35. The zero-order chi connectivity index (χ0) is 31.4. The highest BCUT2D eigenvalue weighted by atomic mass is 15.2. The first kappa shape index (κ1) is 35.7. The topological polar surface area (TPSA) is 25.3 Å². The summed E-state index contributed by atoms with van der Waals surface area (Å²) >= 11 is 0. The zero-order valence-corrected chi connectivity index (χ0v) is 28.8. The summed E-state index contributed by atoms with van der Waals surface area (Å²) < 4.78 is 1.58. The third kappa shape index (κ3) is 11.0. The van der Waals surface area contributed by atoms with Crippen molar-refractivity contribution in [1.82, 2.24) is 0 Å². The number of hydrogen-bond acceptors (Lipinski definition) is 0. The van der Waals surface area contributed by atoms with E-state index >= 15 is 0 Å². The van der Waals surface area contributed by atoms with Crippen LogP contribution in [0.1, 0.15) is 166 Å². The molecule has 0 spiro atoms. The molecule has 0 amide bonds. The molecule has 2 aromatic carbocycles. The summed E-state index contributed by atoms with van der Waals surface area (Å²) in [5, 5.41) is 0. The Labute approximate surface area is 271 Å². The van der Waals surface area contributed by atoms with E-state index < -0.39 is 0 Å². The minimum absolute atomic E-state index is 1.01. The van der Waals surface area contributed by atoms with Crippen molar-refractivity contribution in [2.75, 3.05) is 0 Å². The molecule has 1 aliphatic rings. The molecule has 0 fully saturated rings.